The molecule has 3 rings (SSSR count). The lowest BCUT2D eigenvalue weighted by molar-refractivity contribution is -0.137. The van der Waals surface area contributed by atoms with Crippen LogP contribution in [0.1, 0.15) is 5.56 Å². The molecule has 0 spiro atoms. The monoisotopic (exact) mass is 337 g/mol. The summed E-state index contributed by atoms with van der Waals surface area (Å²) < 4.78 is 51.4. The Kier molecular flexibility index (Phi) is 4.09. The number of alkyl halides is 3. The van der Waals surface area contributed by atoms with Gasteiger partial charge in [0.2, 0.25) is 0 Å². The normalized spacial score (nSPS) is 11.5. The number of halogens is 4. The SMILES string of the molecule is Fc1cccc(-c2csc(Nc3cccc(C(F)(F)F)c3)c2)c1. The Labute approximate surface area is 134 Å². The number of hydrogen-bond acceptors (Lipinski definition) is 2. The van der Waals surface area contributed by atoms with Crippen molar-refractivity contribution in [3.8, 4) is 11.1 Å². The molecule has 2 aromatic carbocycles. The number of anilines is 2. The van der Waals surface area contributed by atoms with Gasteiger partial charge in [-0.1, -0.05) is 18.2 Å². The van der Waals surface area contributed by atoms with E-state index >= 15 is 0 Å². The summed E-state index contributed by atoms with van der Waals surface area (Å²) in [5.74, 6) is -0.332. The highest BCUT2D eigenvalue weighted by atomic mass is 32.1. The first kappa shape index (κ1) is 15.6. The lowest BCUT2D eigenvalue weighted by Gasteiger charge is -2.09. The van der Waals surface area contributed by atoms with Gasteiger partial charge in [0.15, 0.2) is 0 Å². The number of hydrogen-bond donors (Lipinski definition) is 1. The van der Waals surface area contributed by atoms with Crippen molar-refractivity contribution in [3.63, 3.8) is 0 Å². The number of nitrogens with one attached hydrogen (secondary N) is 1. The molecule has 0 bridgehead atoms. The molecule has 3 aromatic rings. The standard InChI is InChI=1S/C17H11F4NS/c18-14-5-1-3-11(7-14)12-8-16(23-10-12)22-15-6-2-4-13(9-15)17(19,20)21/h1-10,22H. The summed E-state index contributed by atoms with van der Waals surface area (Å²) in [4.78, 5) is 0. The predicted molar refractivity (Wildman–Crippen MR) is 84.4 cm³/mol. The molecule has 1 aromatic heterocycles. The van der Waals surface area contributed by atoms with E-state index in [1.807, 2.05) is 5.38 Å². The van der Waals surface area contributed by atoms with Crippen molar-refractivity contribution < 1.29 is 17.6 Å². The van der Waals surface area contributed by atoms with Gasteiger partial charge in [-0.15, -0.1) is 11.3 Å². The van der Waals surface area contributed by atoms with Crippen LogP contribution in [0.25, 0.3) is 11.1 Å². The highest BCUT2D eigenvalue weighted by Crippen LogP contribution is 2.34. The molecule has 0 saturated carbocycles. The van der Waals surface area contributed by atoms with Crippen molar-refractivity contribution in [1.29, 1.82) is 0 Å². The Morgan fingerprint density at radius 1 is 0.870 bits per heavy atom. The Morgan fingerprint density at radius 3 is 2.39 bits per heavy atom. The molecule has 6 heteroatoms. The highest BCUT2D eigenvalue weighted by Gasteiger charge is 2.30. The smallest absolute Gasteiger partial charge is 0.347 e. The van der Waals surface area contributed by atoms with Crippen LogP contribution in [0.4, 0.5) is 28.3 Å². The van der Waals surface area contributed by atoms with E-state index in [0.29, 0.717) is 10.7 Å². The van der Waals surface area contributed by atoms with Gasteiger partial charge in [-0.25, -0.2) is 4.39 Å². The summed E-state index contributed by atoms with van der Waals surface area (Å²) in [6.45, 7) is 0. The van der Waals surface area contributed by atoms with Gasteiger partial charge in [-0.05, 0) is 47.5 Å². The molecule has 0 atom stereocenters. The first-order chi connectivity index (χ1) is 10.9. The van der Waals surface area contributed by atoms with Crippen LogP contribution in [0.15, 0.2) is 60.0 Å². The number of benzene rings is 2. The molecule has 0 saturated heterocycles. The predicted octanol–water partition coefficient (Wildman–Crippen LogP) is 6.32. The summed E-state index contributed by atoms with van der Waals surface area (Å²) in [5, 5.41) is 5.45. The van der Waals surface area contributed by atoms with Crippen molar-refractivity contribution in [2.45, 2.75) is 6.18 Å². The van der Waals surface area contributed by atoms with Crippen molar-refractivity contribution in [3.05, 3.63) is 71.4 Å². The van der Waals surface area contributed by atoms with E-state index in [-0.39, 0.29) is 5.82 Å². The average Bonchev–Trinajstić information content (AvgIpc) is 2.95. The molecule has 1 N–H and O–H groups in total. The van der Waals surface area contributed by atoms with Gasteiger partial charge >= 0.3 is 6.18 Å². The average molecular weight is 337 g/mol. The van der Waals surface area contributed by atoms with Gasteiger partial charge in [0, 0.05) is 11.1 Å². The van der Waals surface area contributed by atoms with Crippen LogP contribution in [0.5, 0.6) is 0 Å². The van der Waals surface area contributed by atoms with Crippen LogP contribution < -0.4 is 5.32 Å². The number of rotatable bonds is 3. The lowest BCUT2D eigenvalue weighted by atomic mass is 10.1. The molecule has 1 heterocycles. The van der Waals surface area contributed by atoms with E-state index in [2.05, 4.69) is 5.32 Å². The minimum absolute atomic E-state index is 0.332. The third kappa shape index (κ3) is 3.71. The molecule has 0 aliphatic rings. The van der Waals surface area contributed by atoms with Gasteiger partial charge in [-0.3, -0.25) is 0 Å². The zero-order valence-corrected chi connectivity index (χ0v) is 12.5. The van der Waals surface area contributed by atoms with E-state index in [0.717, 1.165) is 23.3 Å². The van der Waals surface area contributed by atoms with Gasteiger partial charge in [0.05, 0.1) is 10.6 Å². The highest BCUT2D eigenvalue weighted by molar-refractivity contribution is 7.14. The van der Waals surface area contributed by atoms with Gasteiger partial charge < -0.3 is 5.32 Å². The maximum absolute atomic E-state index is 13.2. The molecular weight excluding hydrogens is 326 g/mol. The summed E-state index contributed by atoms with van der Waals surface area (Å²) in [7, 11) is 0. The summed E-state index contributed by atoms with van der Waals surface area (Å²) in [6.07, 6.45) is -4.38. The van der Waals surface area contributed by atoms with Gasteiger partial charge in [0.25, 0.3) is 0 Å². The van der Waals surface area contributed by atoms with E-state index in [4.69, 9.17) is 0 Å². The second-order valence-corrected chi connectivity index (χ2v) is 5.82. The summed E-state index contributed by atoms with van der Waals surface area (Å²) >= 11 is 1.34. The minimum Gasteiger partial charge on any atom is -0.347 e. The first-order valence-corrected chi connectivity index (χ1v) is 7.58. The van der Waals surface area contributed by atoms with Gasteiger partial charge in [-0.2, -0.15) is 13.2 Å². The van der Waals surface area contributed by atoms with E-state index in [1.54, 1.807) is 24.3 Å². The minimum atomic E-state index is -4.38. The van der Waals surface area contributed by atoms with Crippen LogP contribution in [-0.4, -0.2) is 0 Å². The topological polar surface area (TPSA) is 12.0 Å². The van der Waals surface area contributed by atoms with Crippen molar-refractivity contribution in [2.75, 3.05) is 5.32 Å². The summed E-state index contributed by atoms with van der Waals surface area (Å²) in [6, 6.07) is 12.9. The molecule has 0 radical (unpaired) electrons. The maximum atomic E-state index is 13.2. The second-order valence-electron chi connectivity index (χ2n) is 4.91. The molecule has 0 aliphatic heterocycles. The number of thiophene rings is 1. The van der Waals surface area contributed by atoms with Crippen molar-refractivity contribution in [1.82, 2.24) is 0 Å². The quantitative estimate of drug-likeness (QED) is 0.552. The third-order valence-corrected chi connectivity index (χ3v) is 4.06. The Morgan fingerprint density at radius 2 is 1.65 bits per heavy atom. The van der Waals surface area contributed by atoms with Crippen LogP contribution in [0, 0.1) is 5.82 Å². The van der Waals surface area contributed by atoms with Crippen molar-refractivity contribution >= 4 is 22.0 Å². The zero-order valence-electron chi connectivity index (χ0n) is 11.7. The van der Waals surface area contributed by atoms with Crippen LogP contribution in [0.2, 0.25) is 0 Å². The Balaban J connectivity index is 1.82. The van der Waals surface area contributed by atoms with E-state index < -0.39 is 11.7 Å². The fourth-order valence-electron chi connectivity index (χ4n) is 2.14. The molecular formula is C17H11F4NS. The largest absolute Gasteiger partial charge is 0.416 e. The van der Waals surface area contributed by atoms with Crippen LogP contribution >= 0.6 is 11.3 Å². The molecule has 0 amide bonds. The molecule has 1 nitrogen and oxygen atoms in total. The van der Waals surface area contributed by atoms with Crippen LogP contribution in [0.3, 0.4) is 0 Å². The first-order valence-electron chi connectivity index (χ1n) is 6.70. The fraction of sp³-hybridized carbons (Fsp3) is 0.0588. The zero-order chi connectivity index (χ0) is 16.4. The van der Waals surface area contributed by atoms with E-state index in [1.165, 1.54) is 29.5 Å². The maximum Gasteiger partial charge on any atom is 0.416 e. The fourth-order valence-corrected chi connectivity index (χ4v) is 2.97. The molecule has 0 fully saturated rings. The second kappa shape index (κ2) is 6.04. The Bertz CT molecular complexity index is 823. The molecule has 23 heavy (non-hydrogen) atoms. The molecule has 0 aliphatic carbocycles. The van der Waals surface area contributed by atoms with Crippen molar-refractivity contribution in [2.24, 2.45) is 0 Å². The molecule has 118 valence electrons. The lowest BCUT2D eigenvalue weighted by Crippen LogP contribution is -2.04. The molecule has 0 unspecified atom stereocenters. The summed E-state index contributed by atoms with van der Waals surface area (Å²) in [5.41, 5.74) is 1.18. The Hall–Kier alpha value is -2.34. The third-order valence-electron chi connectivity index (χ3n) is 3.21. The van der Waals surface area contributed by atoms with E-state index in [9.17, 15) is 17.6 Å². The van der Waals surface area contributed by atoms with Crippen LogP contribution in [-0.2, 0) is 6.18 Å². The van der Waals surface area contributed by atoms with Gasteiger partial charge in [0.1, 0.15) is 5.82 Å².